The molecule has 2 aromatic rings. The molecule has 0 unspecified atom stereocenters. The molecule has 0 saturated carbocycles. The summed E-state index contributed by atoms with van der Waals surface area (Å²) in [7, 11) is 3.10. The molecule has 1 heterocycles. The fourth-order valence-electron chi connectivity index (χ4n) is 1.74. The third-order valence-corrected chi connectivity index (χ3v) is 2.77. The van der Waals surface area contributed by atoms with Crippen LogP contribution in [-0.2, 0) is 0 Å². The van der Waals surface area contributed by atoms with Crippen LogP contribution in [0.3, 0.4) is 0 Å². The second-order valence-corrected chi connectivity index (χ2v) is 4.11. The molecule has 8 nitrogen and oxygen atoms in total. The number of nitrogens with zero attached hydrogens (tertiary/aromatic N) is 3. The standard InChI is InChI=1S/C14H14N4O4/c1-21-12-5-3-4-10(14(12)22-2)8-16-17-13-7-6-11(9-15-13)18(19)20/h3-9H,1-2H3,(H,15,17)/b16-8+. The average molecular weight is 302 g/mol. The maximum absolute atomic E-state index is 10.5. The van der Waals surface area contributed by atoms with Crippen LogP contribution in [0.15, 0.2) is 41.6 Å². The Morgan fingerprint density at radius 1 is 1.27 bits per heavy atom. The number of rotatable bonds is 6. The number of nitrogens with one attached hydrogen (secondary N) is 1. The SMILES string of the molecule is COc1cccc(/C=N/Nc2ccc([N+](=O)[O-])cn2)c1OC. The fourth-order valence-corrected chi connectivity index (χ4v) is 1.74. The van der Waals surface area contributed by atoms with Crippen LogP contribution in [0, 0.1) is 10.1 Å². The number of ether oxygens (including phenoxy) is 2. The highest BCUT2D eigenvalue weighted by Crippen LogP contribution is 2.29. The van der Waals surface area contributed by atoms with Crippen molar-refractivity contribution in [2.24, 2.45) is 5.10 Å². The molecule has 0 radical (unpaired) electrons. The van der Waals surface area contributed by atoms with E-state index in [0.29, 0.717) is 17.3 Å². The van der Waals surface area contributed by atoms with Crippen molar-refractivity contribution in [2.45, 2.75) is 0 Å². The number of nitro groups is 1. The van der Waals surface area contributed by atoms with E-state index in [0.717, 1.165) is 11.8 Å². The predicted molar refractivity (Wildman–Crippen MR) is 81.7 cm³/mol. The second kappa shape index (κ2) is 7.02. The van der Waals surface area contributed by atoms with Gasteiger partial charge in [0.05, 0.1) is 25.4 Å². The van der Waals surface area contributed by atoms with Crippen molar-refractivity contribution in [2.75, 3.05) is 19.6 Å². The molecule has 0 atom stereocenters. The first-order valence-corrected chi connectivity index (χ1v) is 6.26. The van der Waals surface area contributed by atoms with Gasteiger partial charge in [0.25, 0.3) is 5.69 Å². The molecule has 22 heavy (non-hydrogen) atoms. The van der Waals surface area contributed by atoms with Crippen LogP contribution in [0.5, 0.6) is 11.5 Å². The van der Waals surface area contributed by atoms with Gasteiger partial charge >= 0.3 is 0 Å². The number of hydrogen-bond donors (Lipinski definition) is 1. The number of benzene rings is 1. The highest BCUT2D eigenvalue weighted by atomic mass is 16.6. The van der Waals surface area contributed by atoms with Gasteiger partial charge in [-0.3, -0.25) is 15.5 Å². The van der Waals surface area contributed by atoms with Crippen molar-refractivity contribution in [3.05, 3.63) is 52.2 Å². The van der Waals surface area contributed by atoms with E-state index in [1.54, 1.807) is 26.5 Å². The first-order valence-electron chi connectivity index (χ1n) is 6.26. The Hall–Kier alpha value is -3.16. The summed E-state index contributed by atoms with van der Waals surface area (Å²) >= 11 is 0. The van der Waals surface area contributed by atoms with E-state index in [1.165, 1.54) is 12.1 Å². The third-order valence-electron chi connectivity index (χ3n) is 2.77. The molecule has 2 rings (SSSR count). The van der Waals surface area contributed by atoms with Gasteiger partial charge in [-0.2, -0.15) is 5.10 Å². The summed E-state index contributed by atoms with van der Waals surface area (Å²) in [6, 6.07) is 8.22. The van der Waals surface area contributed by atoms with E-state index in [9.17, 15) is 10.1 Å². The molecular formula is C14H14N4O4. The van der Waals surface area contributed by atoms with Crippen LogP contribution in [0.4, 0.5) is 11.5 Å². The fraction of sp³-hybridized carbons (Fsp3) is 0.143. The van der Waals surface area contributed by atoms with Gasteiger partial charge in [-0.1, -0.05) is 6.07 Å². The van der Waals surface area contributed by atoms with E-state index < -0.39 is 4.92 Å². The van der Waals surface area contributed by atoms with E-state index in [4.69, 9.17) is 9.47 Å². The normalized spacial score (nSPS) is 10.5. The molecule has 1 aromatic heterocycles. The number of hydrazone groups is 1. The number of pyridine rings is 1. The summed E-state index contributed by atoms with van der Waals surface area (Å²) in [6.45, 7) is 0. The Morgan fingerprint density at radius 3 is 2.68 bits per heavy atom. The van der Waals surface area contributed by atoms with Gasteiger partial charge in [0.15, 0.2) is 11.5 Å². The number of hydrogen-bond acceptors (Lipinski definition) is 7. The Bertz CT molecular complexity index is 686. The van der Waals surface area contributed by atoms with Gasteiger partial charge in [-0.05, 0) is 18.2 Å². The van der Waals surface area contributed by atoms with Gasteiger partial charge in [-0.25, -0.2) is 4.98 Å². The van der Waals surface area contributed by atoms with Gasteiger partial charge in [0, 0.05) is 11.6 Å². The minimum absolute atomic E-state index is 0.0796. The van der Waals surface area contributed by atoms with Crippen molar-refractivity contribution in [3.63, 3.8) is 0 Å². The maximum atomic E-state index is 10.5. The summed E-state index contributed by atoms with van der Waals surface area (Å²) < 4.78 is 10.5. The van der Waals surface area contributed by atoms with Crippen molar-refractivity contribution in [1.29, 1.82) is 0 Å². The maximum Gasteiger partial charge on any atom is 0.287 e. The molecule has 8 heteroatoms. The molecule has 114 valence electrons. The average Bonchev–Trinajstić information content (AvgIpc) is 2.55. The lowest BCUT2D eigenvalue weighted by Gasteiger charge is -2.09. The molecule has 1 aromatic carbocycles. The molecule has 0 spiro atoms. The van der Waals surface area contributed by atoms with Crippen LogP contribution >= 0.6 is 0 Å². The van der Waals surface area contributed by atoms with Gasteiger partial charge in [0.2, 0.25) is 0 Å². The number of methoxy groups -OCH3 is 2. The second-order valence-electron chi connectivity index (χ2n) is 4.11. The molecule has 0 bridgehead atoms. The Morgan fingerprint density at radius 2 is 2.09 bits per heavy atom. The minimum Gasteiger partial charge on any atom is -0.493 e. The summed E-state index contributed by atoms with van der Waals surface area (Å²) in [5, 5.41) is 14.6. The highest BCUT2D eigenvalue weighted by molar-refractivity contribution is 5.85. The van der Waals surface area contributed by atoms with Crippen molar-refractivity contribution in [3.8, 4) is 11.5 Å². The van der Waals surface area contributed by atoms with E-state index in [1.807, 2.05) is 12.1 Å². The van der Waals surface area contributed by atoms with Gasteiger partial charge < -0.3 is 9.47 Å². The number of aromatic nitrogens is 1. The topological polar surface area (TPSA) is 98.9 Å². The minimum atomic E-state index is -0.513. The smallest absolute Gasteiger partial charge is 0.287 e. The largest absolute Gasteiger partial charge is 0.493 e. The molecule has 0 aliphatic carbocycles. The molecule has 0 aliphatic heterocycles. The molecule has 1 N–H and O–H groups in total. The quantitative estimate of drug-likeness (QED) is 0.500. The number of anilines is 1. The molecule has 0 saturated heterocycles. The summed E-state index contributed by atoms with van der Waals surface area (Å²) in [5.41, 5.74) is 3.33. The predicted octanol–water partition coefficient (Wildman–Crippen LogP) is 2.45. The third kappa shape index (κ3) is 3.48. The lowest BCUT2D eigenvalue weighted by Crippen LogP contribution is -1.98. The molecule has 0 fully saturated rings. The monoisotopic (exact) mass is 302 g/mol. The summed E-state index contributed by atoms with van der Waals surface area (Å²) in [5.74, 6) is 1.55. The Kier molecular flexibility index (Phi) is 4.86. The van der Waals surface area contributed by atoms with Gasteiger partial charge in [0.1, 0.15) is 12.0 Å². The molecule has 0 aliphatic rings. The Labute approximate surface area is 126 Å². The summed E-state index contributed by atoms with van der Waals surface area (Å²) in [6.07, 6.45) is 2.70. The zero-order valence-corrected chi connectivity index (χ0v) is 12.0. The van der Waals surface area contributed by atoms with Crippen LogP contribution in [0.25, 0.3) is 0 Å². The van der Waals surface area contributed by atoms with Crippen LogP contribution in [0.2, 0.25) is 0 Å². The van der Waals surface area contributed by atoms with Crippen molar-refractivity contribution < 1.29 is 14.4 Å². The molecular weight excluding hydrogens is 288 g/mol. The lowest BCUT2D eigenvalue weighted by molar-refractivity contribution is -0.385. The van der Waals surface area contributed by atoms with E-state index in [2.05, 4.69) is 15.5 Å². The first-order chi connectivity index (χ1) is 10.7. The Balaban J connectivity index is 2.11. The number of para-hydroxylation sites is 1. The first kappa shape index (κ1) is 15.2. The zero-order chi connectivity index (χ0) is 15.9. The summed E-state index contributed by atoms with van der Waals surface area (Å²) in [4.78, 5) is 13.9. The lowest BCUT2D eigenvalue weighted by atomic mass is 10.2. The highest BCUT2D eigenvalue weighted by Gasteiger charge is 2.07. The van der Waals surface area contributed by atoms with E-state index >= 15 is 0 Å². The molecule has 0 amide bonds. The van der Waals surface area contributed by atoms with E-state index in [-0.39, 0.29) is 5.69 Å². The van der Waals surface area contributed by atoms with Crippen molar-refractivity contribution >= 4 is 17.7 Å². The van der Waals surface area contributed by atoms with Crippen LogP contribution < -0.4 is 14.9 Å². The van der Waals surface area contributed by atoms with Gasteiger partial charge in [-0.15, -0.1) is 0 Å². The zero-order valence-electron chi connectivity index (χ0n) is 12.0. The van der Waals surface area contributed by atoms with Crippen molar-refractivity contribution in [1.82, 2.24) is 4.98 Å². The van der Waals surface area contributed by atoms with Crippen LogP contribution in [0.1, 0.15) is 5.56 Å². The van der Waals surface area contributed by atoms with Crippen LogP contribution in [-0.4, -0.2) is 30.3 Å².